The third-order valence-corrected chi connectivity index (χ3v) is 5.92. The zero-order valence-corrected chi connectivity index (χ0v) is 16.5. The Bertz CT molecular complexity index is 1330. The summed E-state index contributed by atoms with van der Waals surface area (Å²) in [5.41, 5.74) is 3.88. The minimum Gasteiger partial charge on any atom is -0.371 e. The van der Waals surface area contributed by atoms with E-state index in [1.807, 2.05) is 47.9 Å². The second-order valence-electron chi connectivity index (χ2n) is 7.75. The predicted octanol–water partition coefficient (Wildman–Crippen LogP) is 3.94. The zero-order valence-electron chi connectivity index (χ0n) is 16.5. The number of imidazole rings is 1. The molecule has 1 saturated heterocycles. The van der Waals surface area contributed by atoms with Crippen LogP contribution in [0.4, 0.5) is 11.4 Å². The molecule has 2 aromatic carbocycles. The summed E-state index contributed by atoms with van der Waals surface area (Å²) in [5, 5.41) is 12.2. The quantitative estimate of drug-likeness (QED) is 0.413. The van der Waals surface area contributed by atoms with Gasteiger partial charge in [0.1, 0.15) is 0 Å². The molecule has 4 aromatic rings. The molecule has 1 N–H and O–H groups in total. The van der Waals surface area contributed by atoms with Gasteiger partial charge in [-0.2, -0.15) is 0 Å². The average Bonchev–Trinajstić information content (AvgIpc) is 3.08. The number of nitrogens with one attached hydrogen (secondary N) is 1. The number of rotatable bonds is 3. The topological polar surface area (TPSA) is 97.1 Å². The Labute approximate surface area is 171 Å². The third-order valence-electron chi connectivity index (χ3n) is 5.92. The summed E-state index contributed by atoms with van der Waals surface area (Å²) in [4.78, 5) is 33.2. The van der Waals surface area contributed by atoms with E-state index < -0.39 is 0 Å². The van der Waals surface area contributed by atoms with Crippen molar-refractivity contribution in [1.82, 2.24) is 14.5 Å². The molecule has 0 aliphatic carbocycles. The van der Waals surface area contributed by atoms with E-state index >= 15 is 0 Å². The molecule has 0 saturated carbocycles. The Morgan fingerprint density at radius 3 is 2.67 bits per heavy atom. The van der Waals surface area contributed by atoms with Gasteiger partial charge in [0.15, 0.2) is 5.52 Å². The Balaban J connectivity index is 1.48. The van der Waals surface area contributed by atoms with E-state index in [-0.39, 0.29) is 22.3 Å². The average molecular weight is 403 g/mol. The Morgan fingerprint density at radius 1 is 1.13 bits per heavy atom. The lowest BCUT2D eigenvalue weighted by Crippen LogP contribution is -2.37. The molecule has 8 nitrogen and oxygen atoms in total. The highest BCUT2D eigenvalue weighted by Crippen LogP contribution is 2.35. The Kier molecular flexibility index (Phi) is 4.27. The lowest BCUT2D eigenvalue weighted by atomic mass is 10.0. The van der Waals surface area contributed by atoms with Crippen LogP contribution in [0, 0.1) is 17.0 Å². The number of para-hydroxylation sites is 3. The molecule has 1 aliphatic heterocycles. The highest BCUT2D eigenvalue weighted by Gasteiger charge is 2.26. The lowest BCUT2D eigenvalue weighted by Gasteiger charge is -2.34. The van der Waals surface area contributed by atoms with Crippen molar-refractivity contribution in [3.05, 3.63) is 74.8 Å². The van der Waals surface area contributed by atoms with Crippen molar-refractivity contribution in [1.29, 1.82) is 0 Å². The van der Waals surface area contributed by atoms with Gasteiger partial charge in [0.2, 0.25) is 0 Å². The first-order valence-electron chi connectivity index (χ1n) is 10.0. The molecule has 3 heterocycles. The van der Waals surface area contributed by atoms with Crippen molar-refractivity contribution in [2.75, 3.05) is 18.0 Å². The van der Waals surface area contributed by atoms with Gasteiger partial charge in [0, 0.05) is 42.0 Å². The largest absolute Gasteiger partial charge is 0.371 e. The first-order chi connectivity index (χ1) is 14.5. The monoisotopic (exact) mass is 403 g/mol. The van der Waals surface area contributed by atoms with Gasteiger partial charge in [-0.05, 0) is 38.0 Å². The first kappa shape index (κ1) is 18.4. The number of nitro benzene ring substituents is 1. The summed E-state index contributed by atoms with van der Waals surface area (Å²) in [6.45, 7) is 3.38. The molecule has 0 atom stereocenters. The van der Waals surface area contributed by atoms with Gasteiger partial charge in [-0.1, -0.05) is 24.3 Å². The van der Waals surface area contributed by atoms with Gasteiger partial charge < -0.3 is 9.88 Å². The summed E-state index contributed by atoms with van der Waals surface area (Å²) in [7, 11) is 0. The number of aromatic nitrogens is 3. The number of benzene rings is 2. The van der Waals surface area contributed by atoms with Gasteiger partial charge in [-0.3, -0.25) is 14.7 Å². The van der Waals surface area contributed by atoms with E-state index in [1.165, 1.54) is 6.07 Å². The number of aryl methyl sites for hydroxylation is 1. The molecule has 1 aliphatic rings. The van der Waals surface area contributed by atoms with E-state index in [0.717, 1.165) is 53.7 Å². The maximum Gasteiger partial charge on any atom is 0.326 e. The fraction of sp³-hybridized carbons (Fsp3) is 0.273. The van der Waals surface area contributed by atoms with Crippen LogP contribution in [0.2, 0.25) is 0 Å². The van der Waals surface area contributed by atoms with Gasteiger partial charge in [0.05, 0.1) is 16.0 Å². The summed E-state index contributed by atoms with van der Waals surface area (Å²) in [6.07, 6.45) is 1.64. The van der Waals surface area contributed by atoms with Crippen molar-refractivity contribution >= 4 is 33.3 Å². The van der Waals surface area contributed by atoms with Gasteiger partial charge in [0.25, 0.3) is 5.69 Å². The van der Waals surface area contributed by atoms with Crippen molar-refractivity contribution < 1.29 is 4.92 Å². The van der Waals surface area contributed by atoms with E-state index in [4.69, 9.17) is 0 Å². The summed E-state index contributed by atoms with van der Waals surface area (Å²) >= 11 is 0. The van der Waals surface area contributed by atoms with E-state index in [9.17, 15) is 14.9 Å². The Morgan fingerprint density at radius 2 is 1.90 bits per heavy atom. The standard InChI is InChI=1S/C22H21N5O3/c1-14-13-20(16-5-4-8-19(27(29)30)21(16)23-14)25-11-9-15(10-12-25)26-18-7-3-2-6-17(18)24-22(26)28/h2-8,13,15H,9-12H2,1H3,(H,24,28). The maximum absolute atomic E-state index is 12.5. The number of aromatic amines is 1. The zero-order chi connectivity index (χ0) is 20.8. The first-order valence-corrected chi connectivity index (χ1v) is 10.0. The molecule has 0 bridgehead atoms. The number of fused-ring (bicyclic) bond motifs is 2. The number of non-ortho nitro benzene ring substituents is 1. The van der Waals surface area contributed by atoms with Crippen LogP contribution >= 0.6 is 0 Å². The summed E-state index contributed by atoms with van der Waals surface area (Å²) in [5.74, 6) is 0. The number of hydrogen-bond donors (Lipinski definition) is 1. The smallest absolute Gasteiger partial charge is 0.326 e. The van der Waals surface area contributed by atoms with Crippen LogP contribution < -0.4 is 10.6 Å². The third kappa shape index (κ3) is 2.92. The van der Waals surface area contributed by atoms with Crippen molar-refractivity contribution in [3.63, 3.8) is 0 Å². The molecule has 0 spiro atoms. The predicted molar refractivity (Wildman–Crippen MR) is 116 cm³/mol. The highest BCUT2D eigenvalue weighted by molar-refractivity contribution is 5.97. The number of piperidine rings is 1. The molecular weight excluding hydrogens is 382 g/mol. The van der Waals surface area contributed by atoms with Gasteiger partial charge in [-0.25, -0.2) is 9.78 Å². The molecule has 2 aromatic heterocycles. The minimum atomic E-state index is -0.381. The highest BCUT2D eigenvalue weighted by atomic mass is 16.6. The van der Waals surface area contributed by atoms with Crippen LogP contribution in [0.25, 0.3) is 21.9 Å². The van der Waals surface area contributed by atoms with Crippen molar-refractivity contribution in [2.45, 2.75) is 25.8 Å². The van der Waals surface area contributed by atoms with Crippen LogP contribution in [-0.4, -0.2) is 32.5 Å². The van der Waals surface area contributed by atoms with Gasteiger partial charge in [-0.15, -0.1) is 0 Å². The molecule has 0 unspecified atom stereocenters. The van der Waals surface area contributed by atoms with Gasteiger partial charge >= 0.3 is 5.69 Å². The maximum atomic E-state index is 12.5. The fourth-order valence-electron chi connectivity index (χ4n) is 4.55. The molecule has 8 heteroatoms. The van der Waals surface area contributed by atoms with E-state index in [1.54, 1.807) is 6.07 Å². The fourth-order valence-corrected chi connectivity index (χ4v) is 4.55. The summed E-state index contributed by atoms with van der Waals surface area (Å²) < 4.78 is 1.87. The number of anilines is 1. The second kappa shape index (κ2) is 6.98. The number of pyridine rings is 1. The van der Waals surface area contributed by atoms with E-state index in [0.29, 0.717) is 5.52 Å². The molecule has 0 radical (unpaired) electrons. The normalized spacial score (nSPS) is 15.2. The number of H-pyrrole nitrogens is 1. The van der Waals surface area contributed by atoms with Crippen LogP contribution in [0.5, 0.6) is 0 Å². The van der Waals surface area contributed by atoms with Crippen LogP contribution in [0.3, 0.4) is 0 Å². The SMILES string of the molecule is Cc1cc(N2CCC(n3c(=O)[nH]c4ccccc43)CC2)c2cccc([N+](=O)[O-])c2n1. The van der Waals surface area contributed by atoms with Crippen LogP contribution in [-0.2, 0) is 0 Å². The lowest BCUT2D eigenvalue weighted by molar-refractivity contribution is -0.383. The number of hydrogen-bond acceptors (Lipinski definition) is 5. The molecule has 1 fully saturated rings. The molecule has 152 valence electrons. The van der Waals surface area contributed by atoms with Crippen LogP contribution in [0.15, 0.2) is 53.3 Å². The van der Waals surface area contributed by atoms with Crippen molar-refractivity contribution in [2.24, 2.45) is 0 Å². The molecule has 30 heavy (non-hydrogen) atoms. The summed E-state index contributed by atoms with van der Waals surface area (Å²) in [6, 6.07) is 15.0. The number of nitro groups is 1. The minimum absolute atomic E-state index is 0.0256. The van der Waals surface area contributed by atoms with Crippen LogP contribution in [0.1, 0.15) is 24.6 Å². The second-order valence-corrected chi connectivity index (χ2v) is 7.75. The van der Waals surface area contributed by atoms with Crippen molar-refractivity contribution in [3.8, 4) is 0 Å². The number of nitrogens with zero attached hydrogens (tertiary/aromatic N) is 4. The molecular formula is C22H21N5O3. The molecule has 5 rings (SSSR count). The van der Waals surface area contributed by atoms with E-state index in [2.05, 4.69) is 14.9 Å². The molecule has 0 amide bonds. The Hall–Kier alpha value is -3.68.